The second-order valence-corrected chi connectivity index (χ2v) is 9.68. The summed E-state index contributed by atoms with van der Waals surface area (Å²) in [5.74, 6) is 0.301. The van der Waals surface area contributed by atoms with Gasteiger partial charge in [0.1, 0.15) is 10.3 Å². The molecule has 2 heterocycles. The number of aliphatic hydroxyl groups excluding tert-OH is 1. The Bertz CT molecular complexity index is 847. The zero-order chi connectivity index (χ0) is 20.3. The number of alkyl halides is 1. The monoisotopic (exact) mass is 457 g/mol. The number of rotatable bonds is 7. The van der Waals surface area contributed by atoms with Crippen molar-refractivity contribution in [2.45, 2.75) is 44.1 Å². The molecule has 0 spiro atoms. The summed E-state index contributed by atoms with van der Waals surface area (Å²) in [5, 5.41) is 11.1. The van der Waals surface area contributed by atoms with Gasteiger partial charge in [0.15, 0.2) is 5.78 Å². The van der Waals surface area contributed by atoms with Gasteiger partial charge in [-0.25, -0.2) is 4.98 Å². The summed E-state index contributed by atoms with van der Waals surface area (Å²) in [5.41, 5.74) is 0.851. The van der Waals surface area contributed by atoms with Crippen LogP contribution in [-0.4, -0.2) is 27.4 Å². The number of aliphatic hydroxyl groups is 1. The average molecular weight is 459 g/mol. The molecule has 0 unspecified atom stereocenters. The third-order valence-electron chi connectivity index (χ3n) is 5.14. The number of thiophene rings is 1. The Morgan fingerprint density at radius 1 is 1.32 bits per heavy atom. The van der Waals surface area contributed by atoms with Gasteiger partial charge >= 0.3 is 0 Å². The largest absolute Gasteiger partial charge is 0.392 e. The summed E-state index contributed by atoms with van der Waals surface area (Å²) in [6, 6.07) is 7.39. The molecule has 1 aliphatic rings. The minimum absolute atomic E-state index is 0.00988. The van der Waals surface area contributed by atoms with E-state index in [1.165, 1.54) is 4.88 Å². The molecule has 0 radical (unpaired) electrons. The van der Waals surface area contributed by atoms with Gasteiger partial charge in [-0.05, 0) is 68.4 Å². The van der Waals surface area contributed by atoms with Crippen LogP contribution in [0.2, 0.25) is 10.3 Å². The van der Waals surface area contributed by atoms with Crippen molar-refractivity contribution in [3.05, 3.63) is 56.0 Å². The first-order valence-corrected chi connectivity index (χ1v) is 11.3. The van der Waals surface area contributed by atoms with E-state index in [4.69, 9.17) is 34.8 Å². The minimum atomic E-state index is -0.456. The number of carbonyl (C=O) groups is 1. The predicted molar refractivity (Wildman–Crippen MR) is 118 cm³/mol. The van der Waals surface area contributed by atoms with Crippen LogP contribution in [0.15, 0.2) is 30.3 Å². The van der Waals surface area contributed by atoms with Crippen molar-refractivity contribution < 1.29 is 9.90 Å². The highest BCUT2D eigenvalue weighted by Gasteiger charge is 2.39. The molecule has 4 atom stereocenters. The molecule has 2 aromatic heterocycles. The zero-order valence-corrected chi connectivity index (χ0v) is 18.5. The van der Waals surface area contributed by atoms with Gasteiger partial charge < -0.3 is 5.11 Å². The number of pyridine rings is 1. The van der Waals surface area contributed by atoms with Crippen LogP contribution in [0.3, 0.4) is 0 Å². The Morgan fingerprint density at radius 3 is 2.68 bits per heavy atom. The molecule has 1 saturated carbocycles. The Hall–Kier alpha value is -0.910. The van der Waals surface area contributed by atoms with Crippen LogP contribution in [0.1, 0.15) is 46.3 Å². The number of halogens is 3. The van der Waals surface area contributed by atoms with E-state index in [0.29, 0.717) is 16.7 Å². The molecule has 1 fully saturated rings. The van der Waals surface area contributed by atoms with Gasteiger partial charge in [-0.15, -0.1) is 22.9 Å². The van der Waals surface area contributed by atoms with Crippen LogP contribution in [0, 0.1) is 11.8 Å². The van der Waals surface area contributed by atoms with Gasteiger partial charge in [0, 0.05) is 16.2 Å². The van der Waals surface area contributed by atoms with Gasteiger partial charge in [0.05, 0.1) is 11.0 Å². The van der Waals surface area contributed by atoms with E-state index in [1.54, 1.807) is 30.4 Å². The van der Waals surface area contributed by atoms with Gasteiger partial charge in [-0.2, -0.15) is 0 Å². The fraction of sp³-hybridized carbons (Fsp3) is 0.429. The molecule has 0 amide bonds. The van der Waals surface area contributed by atoms with Crippen LogP contribution in [0.25, 0.3) is 6.08 Å². The SMILES string of the molecule is CC(=O)c1ccc(CCC[C@@H]2[C@@H](/C=C\c3cc(Cl)nc(Cl)c3)[C@H](O)C[C@H]2Cl)s1. The Labute approximate surface area is 184 Å². The number of carbonyl (C=O) groups excluding carboxylic acids is 1. The number of ketones is 1. The van der Waals surface area contributed by atoms with E-state index in [-0.39, 0.29) is 23.0 Å². The number of hydrogen-bond acceptors (Lipinski definition) is 4. The zero-order valence-electron chi connectivity index (χ0n) is 15.4. The topological polar surface area (TPSA) is 50.2 Å². The molecule has 1 aliphatic carbocycles. The van der Waals surface area contributed by atoms with E-state index in [2.05, 4.69) is 4.98 Å². The standard InChI is InChI=1S/C21H22Cl3NO2S/c1-12(26)19-8-6-14(28-19)3-2-4-15-16(18(27)11-17(15)22)7-5-13-9-20(23)25-21(24)10-13/h5-10,15-18,27H,2-4,11H2,1H3/b7-5-/t15-,16-,17-,18-/m1/s1. The molecule has 3 rings (SSSR count). The second-order valence-electron chi connectivity index (χ2n) is 7.18. The summed E-state index contributed by atoms with van der Waals surface area (Å²) in [4.78, 5) is 17.4. The maximum atomic E-state index is 11.4. The highest BCUT2D eigenvalue weighted by molar-refractivity contribution is 7.14. The first kappa shape index (κ1) is 21.8. The average Bonchev–Trinajstić information content (AvgIpc) is 3.18. The summed E-state index contributed by atoms with van der Waals surface area (Å²) in [6.07, 6.45) is 6.88. The molecular weight excluding hydrogens is 437 g/mol. The lowest BCUT2D eigenvalue weighted by Crippen LogP contribution is -2.18. The smallest absolute Gasteiger partial charge is 0.169 e. The number of aromatic nitrogens is 1. The lowest BCUT2D eigenvalue weighted by Gasteiger charge is -2.20. The van der Waals surface area contributed by atoms with Crippen molar-refractivity contribution in [1.82, 2.24) is 4.98 Å². The molecule has 0 aliphatic heterocycles. The third kappa shape index (κ3) is 5.58. The Balaban J connectivity index is 1.62. The summed E-state index contributed by atoms with van der Waals surface area (Å²) >= 11 is 20.0. The highest BCUT2D eigenvalue weighted by atomic mass is 35.5. The third-order valence-corrected chi connectivity index (χ3v) is 7.27. The molecule has 7 heteroatoms. The quantitative estimate of drug-likeness (QED) is 0.301. The van der Waals surface area contributed by atoms with E-state index >= 15 is 0 Å². The minimum Gasteiger partial charge on any atom is -0.392 e. The van der Waals surface area contributed by atoms with Crippen molar-refractivity contribution in [3.63, 3.8) is 0 Å². The van der Waals surface area contributed by atoms with E-state index in [0.717, 1.165) is 29.7 Å². The van der Waals surface area contributed by atoms with Gasteiger partial charge in [0.2, 0.25) is 0 Å². The fourth-order valence-electron chi connectivity index (χ4n) is 3.75. The molecule has 150 valence electrons. The van der Waals surface area contributed by atoms with Crippen molar-refractivity contribution in [1.29, 1.82) is 0 Å². The van der Waals surface area contributed by atoms with Crippen molar-refractivity contribution in [3.8, 4) is 0 Å². The van der Waals surface area contributed by atoms with Crippen LogP contribution >= 0.6 is 46.1 Å². The highest BCUT2D eigenvalue weighted by Crippen LogP contribution is 2.40. The summed E-state index contributed by atoms with van der Waals surface area (Å²) < 4.78 is 0. The Kier molecular flexibility index (Phi) is 7.57. The molecule has 28 heavy (non-hydrogen) atoms. The van der Waals surface area contributed by atoms with Crippen molar-refractivity contribution in [2.24, 2.45) is 11.8 Å². The number of Topliss-reactive ketones (excluding diaryl/α,β-unsaturated/α-hetero) is 1. The maximum absolute atomic E-state index is 11.4. The van der Waals surface area contributed by atoms with E-state index in [9.17, 15) is 9.90 Å². The van der Waals surface area contributed by atoms with Gasteiger partial charge in [-0.3, -0.25) is 4.79 Å². The van der Waals surface area contributed by atoms with Crippen LogP contribution in [-0.2, 0) is 6.42 Å². The molecular formula is C21H22Cl3NO2S. The fourth-order valence-corrected chi connectivity index (χ4v) is 5.65. The van der Waals surface area contributed by atoms with E-state index < -0.39 is 6.10 Å². The molecule has 0 saturated heterocycles. The van der Waals surface area contributed by atoms with Crippen molar-refractivity contribution in [2.75, 3.05) is 0 Å². The lowest BCUT2D eigenvalue weighted by molar-refractivity contribution is 0.102. The number of hydrogen-bond donors (Lipinski definition) is 1. The van der Waals surface area contributed by atoms with Crippen LogP contribution < -0.4 is 0 Å². The van der Waals surface area contributed by atoms with Crippen LogP contribution in [0.4, 0.5) is 0 Å². The predicted octanol–water partition coefficient (Wildman–Crippen LogP) is 6.29. The maximum Gasteiger partial charge on any atom is 0.169 e. The lowest BCUT2D eigenvalue weighted by atomic mass is 9.89. The molecule has 1 N–H and O–H groups in total. The number of aryl methyl sites for hydroxylation is 1. The first-order chi connectivity index (χ1) is 13.3. The van der Waals surface area contributed by atoms with Crippen LogP contribution in [0.5, 0.6) is 0 Å². The van der Waals surface area contributed by atoms with E-state index in [1.807, 2.05) is 24.3 Å². The normalized spacial score (nSPS) is 24.9. The molecule has 0 aromatic carbocycles. The number of nitrogens with zero attached hydrogens (tertiary/aromatic N) is 1. The summed E-state index contributed by atoms with van der Waals surface area (Å²) in [6.45, 7) is 1.59. The molecule has 3 nitrogen and oxygen atoms in total. The van der Waals surface area contributed by atoms with Gasteiger partial charge in [-0.1, -0.05) is 35.4 Å². The van der Waals surface area contributed by atoms with Gasteiger partial charge in [0.25, 0.3) is 0 Å². The molecule has 2 aromatic rings. The summed E-state index contributed by atoms with van der Waals surface area (Å²) in [7, 11) is 0. The second kappa shape index (κ2) is 9.73. The Morgan fingerprint density at radius 2 is 2.04 bits per heavy atom. The molecule has 0 bridgehead atoms. The first-order valence-electron chi connectivity index (χ1n) is 9.26. The van der Waals surface area contributed by atoms with Crippen molar-refractivity contribution >= 4 is 58.0 Å².